The number of thiazole rings is 1. The summed E-state index contributed by atoms with van der Waals surface area (Å²) in [6, 6.07) is 20.3. The van der Waals surface area contributed by atoms with E-state index in [1.54, 1.807) is 50.4 Å². The van der Waals surface area contributed by atoms with Crippen LogP contribution in [0, 0.1) is 11.3 Å². The molecule has 5 rings (SSSR count). The molecule has 2 amide bonds. The first-order valence-corrected chi connectivity index (χ1v) is 13.7. The predicted molar refractivity (Wildman–Crippen MR) is 152 cm³/mol. The van der Waals surface area contributed by atoms with Crippen LogP contribution in [0.1, 0.15) is 18.6 Å². The van der Waals surface area contributed by atoms with E-state index in [4.69, 9.17) is 9.15 Å². The highest BCUT2D eigenvalue weighted by atomic mass is 32.2. The molecular weight excluding hydrogens is 534 g/mol. The van der Waals surface area contributed by atoms with Crippen LogP contribution in [0.25, 0.3) is 10.2 Å². The first-order valence-electron chi connectivity index (χ1n) is 11.9. The highest BCUT2D eigenvalue weighted by Gasteiger charge is 2.36. The standard InChI is InChI=1S/C28H23N5O4S2/c1-16-24(26(35)33-28-32-20-9-3-4-11-22(20)39-28)25(21-10-6-12-37-21)19(14-29)27(30-16)38-15-23(34)31-17-7-5-8-18(13-17)36-2/h3-13,25,30H,15H2,1-2H3,(H,31,34)(H,32,33,35). The number of hydrogen-bond acceptors (Lipinski definition) is 9. The van der Waals surface area contributed by atoms with Crippen molar-refractivity contribution in [3.63, 3.8) is 0 Å². The minimum atomic E-state index is -0.760. The van der Waals surface area contributed by atoms with Gasteiger partial charge in [-0.1, -0.05) is 41.3 Å². The molecule has 39 heavy (non-hydrogen) atoms. The lowest BCUT2D eigenvalue weighted by molar-refractivity contribution is -0.114. The summed E-state index contributed by atoms with van der Waals surface area (Å²) in [7, 11) is 1.56. The number of hydrogen-bond donors (Lipinski definition) is 3. The molecule has 9 nitrogen and oxygen atoms in total. The Morgan fingerprint density at radius 3 is 2.77 bits per heavy atom. The van der Waals surface area contributed by atoms with Crippen LogP contribution < -0.4 is 20.7 Å². The van der Waals surface area contributed by atoms with Crippen molar-refractivity contribution in [3.05, 3.63) is 94.6 Å². The minimum Gasteiger partial charge on any atom is -0.497 e. The fraction of sp³-hybridized carbons (Fsp3) is 0.143. The van der Waals surface area contributed by atoms with Crippen molar-refractivity contribution in [1.29, 1.82) is 5.26 Å². The molecule has 0 saturated carbocycles. The number of methoxy groups -OCH3 is 1. The maximum atomic E-state index is 13.6. The molecule has 3 N–H and O–H groups in total. The van der Waals surface area contributed by atoms with E-state index >= 15 is 0 Å². The van der Waals surface area contributed by atoms with Crippen molar-refractivity contribution in [2.45, 2.75) is 12.8 Å². The Morgan fingerprint density at radius 2 is 2.03 bits per heavy atom. The fourth-order valence-corrected chi connectivity index (χ4v) is 5.95. The number of anilines is 2. The number of allylic oxidation sites excluding steroid dienone is 2. The van der Waals surface area contributed by atoms with Crippen LogP contribution in [0.15, 0.2) is 93.2 Å². The number of carbonyl (C=O) groups is 2. The van der Waals surface area contributed by atoms with E-state index in [0.29, 0.717) is 38.6 Å². The third-order valence-electron chi connectivity index (χ3n) is 5.94. The minimum absolute atomic E-state index is 0.0378. The van der Waals surface area contributed by atoms with Crippen LogP contribution in [0.3, 0.4) is 0 Å². The summed E-state index contributed by atoms with van der Waals surface area (Å²) >= 11 is 2.55. The molecule has 0 radical (unpaired) electrons. The van der Waals surface area contributed by atoms with Crippen LogP contribution in [-0.2, 0) is 9.59 Å². The number of nitrogens with zero attached hydrogens (tertiary/aromatic N) is 2. The predicted octanol–water partition coefficient (Wildman–Crippen LogP) is 5.60. The first kappa shape index (κ1) is 26.1. The molecule has 0 spiro atoms. The summed E-state index contributed by atoms with van der Waals surface area (Å²) in [6.07, 6.45) is 1.50. The molecule has 11 heteroatoms. The van der Waals surface area contributed by atoms with Crippen LogP contribution >= 0.6 is 23.1 Å². The molecule has 0 fully saturated rings. The normalized spacial score (nSPS) is 15.1. The van der Waals surface area contributed by atoms with Crippen molar-refractivity contribution < 1.29 is 18.7 Å². The third kappa shape index (κ3) is 5.67. The number of rotatable bonds is 8. The zero-order chi connectivity index (χ0) is 27.4. The number of para-hydroxylation sites is 1. The zero-order valence-electron chi connectivity index (χ0n) is 21.0. The number of dihydropyridines is 1. The number of benzene rings is 2. The summed E-state index contributed by atoms with van der Waals surface area (Å²) in [6.45, 7) is 1.76. The smallest absolute Gasteiger partial charge is 0.256 e. The lowest BCUT2D eigenvalue weighted by Crippen LogP contribution is -2.31. The van der Waals surface area contributed by atoms with Crippen molar-refractivity contribution in [2.24, 2.45) is 0 Å². The number of aromatic nitrogens is 1. The molecule has 3 heterocycles. The van der Waals surface area contributed by atoms with E-state index in [9.17, 15) is 14.9 Å². The van der Waals surface area contributed by atoms with Crippen molar-refractivity contribution in [1.82, 2.24) is 10.3 Å². The zero-order valence-corrected chi connectivity index (χ0v) is 22.6. The molecule has 196 valence electrons. The second-order valence-electron chi connectivity index (χ2n) is 8.48. The van der Waals surface area contributed by atoms with Gasteiger partial charge in [0.05, 0.1) is 57.5 Å². The summed E-state index contributed by atoms with van der Waals surface area (Å²) in [5.74, 6) is -0.299. The molecule has 4 aromatic rings. The first-order chi connectivity index (χ1) is 19.0. The lowest BCUT2D eigenvalue weighted by Gasteiger charge is -2.28. The maximum absolute atomic E-state index is 13.6. The summed E-state index contributed by atoms with van der Waals surface area (Å²) in [5, 5.41) is 20.0. The lowest BCUT2D eigenvalue weighted by atomic mass is 9.85. The maximum Gasteiger partial charge on any atom is 0.256 e. The Labute approximate surface area is 232 Å². The van der Waals surface area contributed by atoms with Crippen molar-refractivity contribution in [3.8, 4) is 11.8 Å². The number of nitrogens with one attached hydrogen (secondary N) is 3. The molecule has 0 aliphatic carbocycles. The molecule has 2 aromatic heterocycles. The van der Waals surface area contributed by atoms with E-state index in [0.717, 1.165) is 10.2 Å². The Bertz CT molecular complexity index is 1620. The number of amides is 2. The largest absolute Gasteiger partial charge is 0.497 e. The van der Waals surface area contributed by atoms with Gasteiger partial charge in [0.15, 0.2) is 5.13 Å². The highest BCUT2D eigenvalue weighted by Crippen LogP contribution is 2.41. The summed E-state index contributed by atoms with van der Waals surface area (Å²) in [5.41, 5.74) is 2.56. The number of nitriles is 1. The molecule has 1 unspecified atom stereocenters. The quantitative estimate of drug-likeness (QED) is 0.255. The average Bonchev–Trinajstić information content (AvgIpc) is 3.61. The van der Waals surface area contributed by atoms with E-state index in [2.05, 4.69) is 27.0 Å². The second-order valence-corrected chi connectivity index (χ2v) is 10.5. The van der Waals surface area contributed by atoms with Gasteiger partial charge in [-0.2, -0.15) is 5.26 Å². The van der Waals surface area contributed by atoms with Gasteiger partial charge in [-0.3, -0.25) is 14.9 Å². The molecule has 1 aliphatic heterocycles. The van der Waals surface area contributed by atoms with Gasteiger partial charge in [0.2, 0.25) is 5.91 Å². The van der Waals surface area contributed by atoms with E-state index in [-0.39, 0.29) is 17.2 Å². The van der Waals surface area contributed by atoms with Gasteiger partial charge in [-0.05, 0) is 43.3 Å². The molecular formula is C28H23N5O4S2. The van der Waals surface area contributed by atoms with Crippen molar-refractivity contribution >= 4 is 55.9 Å². The fourth-order valence-electron chi connectivity index (χ4n) is 4.19. The monoisotopic (exact) mass is 557 g/mol. The SMILES string of the molecule is COc1cccc(NC(=O)CSC2=C(C#N)C(c3ccco3)C(C(=O)Nc3nc4ccccc4s3)=C(C)N2)c1. The number of carbonyl (C=O) groups excluding carboxylic acids is 2. The van der Waals surface area contributed by atoms with E-state index in [1.165, 1.54) is 29.4 Å². The van der Waals surface area contributed by atoms with Crippen LogP contribution in [0.2, 0.25) is 0 Å². The molecule has 1 atom stereocenters. The van der Waals surface area contributed by atoms with E-state index < -0.39 is 11.8 Å². The number of ether oxygens (including phenoxy) is 1. The topological polar surface area (TPSA) is 129 Å². The van der Waals surface area contributed by atoms with Gasteiger partial charge in [-0.15, -0.1) is 0 Å². The molecule has 0 bridgehead atoms. The highest BCUT2D eigenvalue weighted by molar-refractivity contribution is 8.03. The van der Waals surface area contributed by atoms with Gasteiger partial charge in [0, 0.05) is 17.5 Å². The van der Waals surface area contributed by atoms with Crippen LogP contribution in [0.5, 0.6) is 5.75 Å². The summed E-state index contributed by atoms with van der Waals surface area (Å²) in [4.78, 5) is 30.7. The van der Waals surface area contributed by atoms with Gasteiger partial charge in [-0.25, -0.2) is 4.98 Å². The van der Waals surface area contributed by atoms with Gasteiger partial charge in [0.1, 0.15) is 11.5 Å². The van der Waals surface area contributed by atoms with Crippen LogP contribution in [-0.4, -0.2) is 29.7 Å². The Hall–Kier alpha value is -4.53. The Kier molecular flexibility index (Phi) is 7.67. The van der Waals surface area contributed by atoms with Crippen molar-refractivity contribution in [2.75, 3.05) is 23.5 Å². The van der Waals surface area contributed by atoms with Gasteiger partial charge < -0.3 is 19.8 Å². The average molecular weight is 558 g/mol. The molecule has 1 aliphatic rings. The number of furan rings is 1. The van der Waals surface area contributed by atoms with Gasteiger partial charge in [0.25, 0.3) is 5.91 Å². The molecule has 2 aromatic carbocycles. The van der Waals surface area contributed by atoms with E-state index in [1.807, 2.05) is 24.3 Å². The van der Waals surface area contributed by atoms with Crippen LogP contribution in [0.4, 0.5) is 10.8 Å². The third-order valence-corrected chi connectivity index (χ3v) is 7.90. The molecule has 0 saturated heterocycles. The second kappa shape index (κ2) is 11.5. The summed E-state index contributed by atoms with van der Waals surface area (Å²) < 4.78 is 11.8. The number of thioether (sulfide) groups is 1. The Morgan fingerprint density at radius 1 is 1.18 bits per heavy atom. The Balaban J connectivity index is 1.38. The van der Waals surface area contributed by atoms with Gasteiger partial charge >= 0.3 is 0 Å². The number of fused-ring (bicyclic) bond motifs is 1.